The van der Waals surface area contributed by atoms with Crippen LogP contribution in [0.4, 0.5) is 0 Å². The van der Waals surface area contributed by atoms with Crippen molar-refractivity contribution in [3.05, 3.63) is 107 Å². The first kappa shape index (κ1) is 24.6. The zero-order valence-corrected chi connectivity index (χ0v) is 21.7. The molecule has 1 aromatic heterocycles. The lowest BCUT2D eigenvalue weighted by molar-refractivity contribution is -0.173. The highest BCUT2D eigenvalue weighted by molar-refractivity contribution is 5.85. The zero-order chi connectivity index (χ0) is 25.9. The zero-order valence-electron chi connectivity index (χ0n) is 21.7. The number of Topliss-reactive ketones (excluding diaryl/α,β-unsaturated/α-hetero) is 1. The minimum absolute atomic E-state index is 0.0669. The number of rotatable bonds is 7. The van der Waals surface area contributed by atoms with Gasteiger partial charge in [0.05, 0.1) is 6.10 Å². The minimum Gasteiger partial charge on any atom is -0.361 e. The van der Waals surface area contributed by atoms with Crippen LogP contribution in [0, 0.1) is 24.7 Å². The summed E-state index contributed by atoms with van der Waals surface area (Å²) in [6.45, 7) is 4.30. The van der Waals surface area contributed by atoms with Gasteiger partial charge in [-0.1, -0.05) is 59.9 Å². The highest BCUT2D eigenvalue weighted by Gasteiger charge is 2.48. The lowest BCUT2D eigenvalue weighted by atomic mass is 9.91. The SMILES string of the molecule is Cc1ccc(C#Cc2ccc(CN3OC4CNCC4C3C(=O)CCCc3c[nH]c4ccccc34)cc2)cc1. The second-order valence-corrected chi connectivity index (χ2v) is 10.5. The number of hydroxylamine groups is 2. The summed E-state index contributed by atoms with van der Waals surface area (Å²) in [6.07, 6.45) is 4.43. The first-order valence-electron chi connectivity index (χ1n) is 13.5. The summed E-state index contributed by atoms with van der Waals surface area (Å²) in [7, 11) is 0. The molecule has 0 spiro atoms. The average Bonchev–Trinajstić information content (AvgIpc) is 3.64. The van der Waals surface area contributed by atoms with Crippen molar-refractivity contribution in [2.24, 2.45) is 5.92 Å². The second-order valence-electron chi connectivity index (χ2n) is 10.5. The van der Waals surface area contributed by atoms with Gasteiger partial charge in [0.25, 0.3) is 0 Å². The summed E-state index contributed by atoms with van der Waals surface area (Å²) in [5.41, 5.74) is 6.76. The third-order valence-corrected chi connectivity index (χ3v) is 7.76. The standard InChI is InChI=1S/C33H33N3O2/c1-23-9-11-24(12-10-23)13-14-25-15-17-26(18-16-25)22-36-33(29-20-34-21-32(29)38-36)31(37)8-4-5-27-19-35-30-7-3-2-6-28(27)30/h2-3,6-7,9-12,15-19,29,32-35H,4-5,8,20-22H2,1H3. The highest BCUT2D eigenvalue weighted by Crippen LogP contribution is 2.33. The lowest BCUT2D eigenvalue weighted by Gasteiger charge is -2.24. The number of hydrogen-bond donors (Lipinski definition) is 2. The summed E-state index contributed by atoms with van der Waals surface area (Å²) in [6, 6.07) is 24.7. The summed E-state index contributed by atoms with van der Waals surface area (Å²) >= 11 is 0. The Balaban J connectivity index is 1.09. The molecule has 0 radical (unpaired) electrons. The number of aryl methyl sites for hydroxylation is 2. The lowest BCUT2D eigenvalue weighted by Crippen LogP contribution is -2.40. The Hall–Kier alpha value is -3.69. The van der Waals surface area contributed by atoms with Crippen LogP contribution in [0.5, 0.6) is 0 Å². The van der Waals surface area contributed by atoms with E-state index in [1.54, 1.807) is 0 Å². The predicted molar refractivity (Wildman–Crippen MR) is 150 cm³/mol. The number of hydrogen-bond acceptors (Lipinski definition) is 4. The van der Waals surface area contributed by atoms with Gasteiger partial charge in [-0.2, -0.15) is 5.06 Å². The Labute approximate surface area is 224 Å². The van der Waals surface area contributed by atoms with Gasteiger partial charge in [0.15, 0.2) is 5.78 Å². The Morgan fingerprint density at radius 2 is 1.71 bits per heavy atom. The molecule has 2 fully saturated rings. The quantitative estimate of drug-likeness (QED) is 0.342. The van der Waals surface area contributed by atoms with E-state index in [-0.39, 0.29) is 23.8 Å². The Morgan fingerprint density at radius 3 is 2.50 bits per heavy atom. The van der Waals surface area contributed by atoms with Gasteiger partial charge in [-0.3, -0.25) is 9.63 Å². The van der Waals surface area contributed by atoms with E-state index in [4.69, 9.17) is 4.84 Å². The first-order chi connectivity index (χ1) is 18.6. The maximum atomic E-state index is 13.5. The monoisotopic (exact) mass is 503 g/mol. The van der Waals surface area contributed by atoms with E-state index in [0.717, 1.165) is 48.1 Å². The number of aromatic nitrogens is 1. The van der Waals surface area contributed by atoms with E-state index in [0.29, 0.717) is 13.0 Å². The molecule has 3 aromatic carbocycles. The third-order valence-electron chi connectivity index (χ3n) is 7.76. The van der Waals surface area contributed by atoms with E-state index in [2.05, 4.69) is 77.7 Å². The molecule has 0 saturated carbocycles. The molecule has 192 valence electrons. The van der Waals surface area contributed by atoms with Crippen molar-refractivity contribution >= 4 is 16.7 Å². The highest BCUT2D eigenvalue weighted by atomic mass is 16.7. The Bertz CT molecular complexity index is 1480. The number of carbonyl (C=O) groups excluding carboxylic acids is 1. The second kappa shape index (κ2) is 11.0. The number of carbonyl (C=O) groups is 1. The number of benzene rings is 3. The molecule has 6 rings (SSSR count). The van der Waals surface area contributed by atoms with Crippen molar-refractivity contribution < 1.29 is 9.63 Å². The fraction of sp³-hybridized carbons (Fsp3) is 0.303. The average molecular weight is 504 g/mol. The molecular formula is C33H33N3O2. The van der Waals surface area contributed by atoms with Crippen molar-refractivity contribution in [2.75, 3.05) is 13.1 Å². The van der Waals surface area contributed by atoms with E-state index in [1.165, 1.54) is 16.5 Å². The number of H-pyrrole nitrogens is 1. The van der Waals surface area contributed by atoms with E-state index < -0.39 is 0 Å². The fourth-order valence-corrected chi connectivity index (χ4v) is 5.69. The Morgan fingerprint density at radius 1 is 0.974 bits per heavy atom. The van der Waals surface area contributed by atoms with Gasteiger partial charge in [-0.15, -0.1) is 0 Å². The van der Waals surface area contributed by atoms with Crippen molar-refractivity contribution in [1.82, 2.24) is 15.4 Å². The molecule has 2 aliphatic rings. The van der Waals surface area contributed by atoms with Crippen LogP contribution < -0.4 is 5.32 Å². The molecule has 4 aromatic rings. The molecular weight excluding hydrogens is 470 g/mol. The maximum Gasteiger partial charge on any atom is 0.152 e. The Kier molecular flexibility index (Phi) is 7.11. The van der Waals surface area contributed by atoms with Crippen LogP contribution in [0.2, 0.25) is 0 Å². The molecule has 0 amide bonds. The van der Waals surface area contributed by atoms with Gasteiger partial charge >= 0.3 is 0 Å². The fourth-order valence-electron chi connectivity index (χ4n) is 5.69. The molecule has 2 N–H and O–H groups in total. The molecule has 0 bridgehead atoms. The van der Waals surface area contributed by atoms with Gasteiger partial charge in [0, 0.05) is 60.2 Å². The predicted octanol–water partition coefficient (Wildman–Crippen LogP) is 5.17. The van der Waals surface area contributed by atoms with Crippen molar-refractivity contribution in [3.63, 3.8) is 0 Å². The van der Waals surface area contributed by atoms with Crippen molar-refractivity contribution in [2.45, 2.75) is 44.9 Å². The molecule has 38 heavy (non-hydrogen) atoms. The molecule has 5 heteroatoms. The number of ketones is 1. The number of fused-ring (bicyclic) bond motifs is 2. The molecule has 2 aliphatic heterocycles. The summed E-state index contributed by atoms with van der Waals surface area (Å²) in [5, 5.41) is 6.60. The number of para-hydroxylation sites is 1. The largest absolute Gasteiger partial charge is 0.361 e. The van der Waals surface area contributed by atoms with Crippen molar-refractivity contribution in [3.8, 4) is 11.8 Å². The summed E-state index contributed by atoms with van der Waals surface area (Å²) < 4.78 is 0. The minimum atomic E-state index is -0.209. The van der Waals surface area contributed by atoms with Crippen LogP contribution in [0.1, 0.15) is 40.7 Å². The molecule has 0 aliphatic carbocycles. The first-order valence-corrected chi connectivity index (χ1v) is 13.5. The third kappa shape index (κ3) is 5.30. The van der Waals surface area contributed by atoms with Crippen LogP contribution in [-0.4, -0.2) is 41.1 Å². The summed E-state index contributed by atoms with van der Waals surface area (Å²) in [5.74, 6) is 6.96. The van der Waals surface area contributed by atoms with Crippen LogP contribution in [-0.2, 0) is 22.6 Å². The molecule has 3 atom stereocenters. The van der Waals surface area contributed by atoms with Crippen LogP contribution in [0.3, 0.4) is 0 Å². The molecule has 2 saturated heterocycles. The van der Waals surface area contributed by atoms with Gasteiger partial charge in [-0.05, 0) is 61.2 Å². The molecule has 3 heterocycles. The van der Waals surface area contributed by atoms with Crippen LogP contribution in [0.15, 0.2) is 79.0 Å². The normalized spacial score (nSPS) is 20.8. The number of nitrogens with one attached hydrogen (secondary N) is 2. The maximum absolute atomic E-state index is 13.5. The van der Waals surface area contributed by atoms with Gasteiger partial charge in [0.1, 0.15) is 6.04 Å². The van der Waals surface area contributed by atoms with E-state index in [9.17, 15) is 4.79 Å². The van der Waals surface area contributed by atoms with E-state index >= 15 is 0 Å². The molecule has 3 unspecified atom stereocenters. The van der Waals surface area contributed by atoms with Gasteiger partial charge in [-0.25, -0.2) is 0 Å². The summed E-state index contributed by atoms with van der Waals surface area (Å²) in [4.78, 5) is 23.1. The number of nitrogens with zero attached hydrogens (tertiary/aromatic N) is 1. The van der Waals surface area contributed by atoms with E-state index in [1.807, 2.05) is 35.4 Å². The topological polar surface area (TPSA) is 57.4 Å². The van der Waals surface area contributed by atoms with Crippen LogP contribution >= 0.6 is 0 Å². The van der Waals surface area contributed by atoms with Gasteiger partial charge in [0.2, 0.25) is 0 Å². The number of aromatic amines is 1. The van der Waals surface area contributed by atoms with Gasteiger partial charge < -0.3 is 10.3 Å². The smallest absolute Gasteiger partial charge is 0.152 e. The van der Waals surface area contributed by atoms with Crippen molar-refractivity contribution in [1.29, 1.82) is 0 Å². The molecule has 5 nitrogen and oxygen atoms in total. The van der Waals surface area contributed by atoms with Crippen LogP contribution in [0.25, 0.3) is 10.9 Å².